The maximum atomic E-state index is 12.3. The molecule has 1 unspecified atom stereocenters. The Morgan fingerprint density at radius 1 is 1.48 bits per heavy atom. The first kappa shape index (κ1) is 15.2. The molecule has 7 heteroatoms. The number of ether oxygens (including phenoxy) is 1. The number of nitro groups is 1. The van der Waals surface area contributed by atoms with Crippen molar-refractivity contribution in [1.82, 2.24) is 10.6 Å². The average molecular weight is 293 g/mol. The van der Waals surface area contributed by atoms with Crippen LogP contribution >= 0.6 is 0 Å². The molecule has 0 saturated carbocycles. The molecule has 2 rings (SSSR count). The minimum atomic E-state index is -0.553. The number of amides is 1. The first-order chi connectivity index (χ1) is 10.1. The van der Waals surface area contributed by atoms with Crippen molar-refractivity contribution < 1.29 is 14.5 Å². The SMILES string of the molecule is COc1c(C(=O)NC2CCCCNC2)cccc1[N+](=O)[O-]. The van der Waals surface area contributed by atoms with E-state index in [0.29, 0.717) is 6.54 Å². The number of para-hydroxylation sites is 1. The molecular weight excluding hydrogens is 274 g/mol. The fourth-order valence-corrected chi connectivity index (χ4v) is 2.47. The molecule has 1 fully saturated rings. The number of methoxy groups -OCH3 is 1. The highest BCUT2D eigenvalue weighted by Crippen LogP contribution is 2.30. The fourth-order valence-electron chi connectivity index (χ4n) is 2.47. The number of nitro benzene ring substituents is 1. The van der Waals surface area contributed by atoms with Gasteiger partial charge >= 0.3 is 5.69 Å². The zero-order valence-electron chi connectivity index (χ0n) is 11.9. The Morgan fingerprint density at radius 2 is 2.29 bits per heavy atom. The molecule has 7 nitrogen and oxygen atoms in total. The van der Waals surface area contributed by atoms with Crippen LogP contribution in [-0.4, -0.2) is 37.1 Å². The van der Waals surface area contributed by atoms with E-state index >= 15 is 0 Å². The van der Waals surface area contributed by atoms with Crippen LogP contribution in [0.5, 0.6) is 5.75 Å². The molecule has 1 aromatic rings. The Morgan fingerprint density at radius 3 is 3.00 bits per heavy atom. The maximum absolute atomic E-state index is 12.3. The van der Waals surface area contributed by atoms with E-state index in [1.165, 1.54) is 25.3 Å². The van der Waals surface area contributed by atoms with Crippen molar-refractivity contribution in [2.75, 3.05) is 20.2 Å². The van der Waals surface area contributed by atoms with Gasteiger partial charge in [0.2, 0.25) is 5.75 Å². The van der Waals surface area contributed by atoms with E-state index in [1.54, 1.807) is 0 Å². The molecule has 1 heterocycles. The normalized spacial score (nSPS) is 18.6. The van der Waals surface area contributed by atoms with Gasteiger partial charge in [0.15, 0.2) is 0 Å². The third-order valence-electron chi connectivity index (χ3n) is 3.52. The molecule has 0 spiro atoms. The molecule has 1 aliphatic heterocycles. The molecule has 2 N–H and O–H groups in total. The summed E-state index contributed by atoms with van der Waals surface area (Å²) in [4.78, 5) is 22.8. The Kier molecular flexibility index (Phi) is 5.10. The van der Waals surface area contributed by atoms with Crippen LogP contribution in [0, 0.1) is 10.1 Å². The summed E-state index contributed by atoms with van der Waals surface area (Å²) in [5.41, 5.74) is -0.0138. The third-order valence-corrected chi connectivity index (χ3v) is 3.52. The topological polar surface area (TPSA) is 93.5 Å². The van der Waals surface area contributed by atoms with Gasteiger partial charge in [0, 0.05) is 18.7 Å². The second-order valence-electron chi connectivity index (χ2n) is 4.99. The minimum Gasteiger partial charge on any atom is -0.490 e. The standard InChI is InChI=1S/C14H19N3O4/c1-21-13-11(6-4-7-12(13)17(19)20)14(18)16-10-5-2-3-8-15-9-10/h4,6-7,10,15H,2-3,5,8-9H2,1H3,(H,16,18). The molecule has 0 aliphatic carbocycles. The van der Waals surface area contributed by atoms with Crippen LogP contribution in [0.3, 0.4) is 0 Å². The van der Waals surface area contributed by atoms with Crippen LogP contribution in [0.4, 0.5) is 5.69 Å². The van der Waals surface area contributed by atoms with Gasteiger partial charge in [-0.1, -0.05) is 12.5 Å². The zero-order chi connectivity index (χ0) is 15.2. The monoisotopic (exact) mass is 293 g/mol. The lowest BCUT2D eigenvalue weighted by atomic mass is 10.1. The largest absolute Gasteiger partial charge is 0.490 e. The van der Waals surface area contributed by atoms with Gasteiger partial charge in [0.25, 0.3) is 5.91 Å². The van der Waals surface area contributed by atoms with E-state index in [9.17, 15) is 14.9 Å². The number of nitrogens with one attached hydrogen (secondary N) is 2. The van der Waals surface area contributed by atoms with Gasteiger partial charge < -0.3 is 15.4 Å². The van der Waals surface area contributed by atoms with Gasteiger partial charge in [-0.05, 0) is 25.5 Å². The van der Waals surface area contributed by atoms with E-state index in [-0.39, 0.29) is 28.9 Å². The molecule has 1 aliphatic rings. The van der Waals surface area contributed by atoms with Gasteiger partial charge in [-0.15, -0.1) is 0 Å². The fraction of sp³-hybridized carbons (Fsp3) is 0.500. The molecular formula is C14H19N3O4. The zero-order valence-corrected chi connectivity index (χ0v) is 11.9. The molecule has 1 saturated heterocycles. The summed E-state index contributed by atoms with van der Waals surface area (Å²) in [5, 5.41) is 17.1. The molecule has 0 bridgehead atoms. The Bertz CT molecular complexity index is 525. The summed E-state index contributed by atoms with van der Waals surface area (Å²) >= 11 is 0. The van der Waals surface area contributed by atoms with Gasteiger partial charge in [0.1, 0.15) is 0 Å². The maximum Gasteiger partial charge on any atom is 0.311 e. The number of carbonyl (C=O) groups is 1. The Hall–Kier alpha value is -2.15. The summed E-state index contributed by atoms with van der Waals surface area (Å²) in [6.45, 7) is 1.66. The van der Waals surface area contributed by atoms with E-state index in [2.05, 4.69) is 10.6 Å². The first-order valence-electron chi connectivity index (χ1n) is 6.96. The second kappa shape index (κ2) is 7.03. The quantitative estimate of drug-likeness (QED) is 0.647. The lowest BCUT2D eigenvalue weighted by molar-refractivity contribution is -0.385. The van der Waals surface area contributed by atoms with Gasteiger partial charge in [-0.3, -0.25) is 14.9 Å². The summed E-state index contributed by atoms with van der Waals surface area (Å²) in [7, 11) is 1.33. The van der Waals surface area contributed by atoms with E-state index in [1.807, 2.05) is 0 Å². The molecule has 0 radical (unpaired) electrons. The number of carbonyl (C=O) groups excluding carboxylic acids is 1. The van der Waals surface area contributed by atoms with Gasteiger partial charge in [-0.2, -0.15) is 0 Å². The molecule has 21 heavy (non-hydrogen) atoms. The second-order valence-corrected chi connectivity index (χ2v) is 4.99. The van der Waals surface area contributed by atoms with Gasteiger partial charge in [-0.25, -0.2) is 0 Å². The first-order valence-corrected chi connectivity index (χ1v) is 6.96. The summed E-state index contributed by atoms with van der Waals surface area (Å²) in [6, 6.07) is 4.37. The highest BCUT2D eigenvalue weighted by molar-refractivity contribution is 5.98. The smallest absolute Gasteiger partial charge is 0.311 e. The van der Waals surface area contributed by atoms with E-state index < -0.39 is 4.92 Å². The number of benzene rings is 1. The van der Waals surface area contributed by atoms with Gasteiger partial charge in [0.05, 0.1) is 17.6 Å². The van der Waals surface area contributed by atoms with Crippen molar-refractivity contribution in [3.8, 4) is 5.75 Å². The average Bonchev–Trinajstić information content (AvgIpc) is 2.74. The lowest BCUT2D eigenvalue weighted by Gasteiger charge is -2.17. The number of rotatable bonds is 4. The molecule has 1 amide bonds. The van der Waals surface area contributed by atoms with Crippen LogP contribution in [0.2, 0.25) is 0 Å². The van der Waals surface area contributed by atoms with Crippen LogP contribution in [0.15, 0.2) is 18.2 Å². The Balaban J connectivity index is 2.18. The van der Waals surface area contributed by atoms with Crippen molar-refractivity contribution >= 4 is 11.6 Å². The highest BCUT2D eigenvalue weighted by Gasteiger charge is 2.24. The number of nitrogens with zero attached hydrogens (tertiary/aromatic N) is 1. The summed E-state index contributed by atoms with van der Waals surface area (Å²) in [6.07, 6.45) is 3.03. The third kappa shape index (κ3) is 3.69. The lowest BCUT2D eigenvalue weighted by Crippen LogP contribution is -2.40. The van der Waals surface area contributed by atoms with E-state index in [4.69, 9.17) is 4.74 Å². The van der Waals surface area contributed by atoms with Crippen molar-refractivity contribution in [3.05, 3.63) is 33.9 Å². The number of hydrogen-bond acceptors (Lipinski definition) is 5. The number of hydrogen-bond donors (Lipinski definition) is 2. The molecule has 114 valence electrons. The van der Waals surface area contributed by atoms with E-state index in [0.717, 1.165) is 25.8 Å². The molecule has 0 aromatic heterocycles. The predicted octanol–water partition coefficient (Wildman–Crippen LogP) is 1.48. The molecule has 1 aromatic carbocycles. The van der Waals surface area contributed by atoms with Crippen LogP contribution in [0.1, 0.15) is 29.6 Å². The predicted molar refractivity (Wildman–Crippen MR) is 77.6 cm³/mol. The highest BCUT2D eigenvalue weighted by atomic mass is 16.6. The van der Waals surface area contributed by atoms with Crippen LogP contribution in [-0.2, 0) is 0 Å². The van der Waals surface area contributed by atoms with Crippen LogP contribution < -0.4 is 15.4 Å². The van der Waals surface area contributed by atoms with Crippen molar-refractivity contribution in [2.45, 2.75) is 25.3 Å². The van der Waals surface area contributed by atoms with Crippen LogP contribution in [0.25, 0.3) is 0 Å². The van der Waals surface area contributed by atoms with Crippen molar-refractivity contribution in [2.24, 2.45) is 0 Å². The summed E-state index contributed by atoms with van der Waals surface area (Å²) < 4.78 is 5.05. The summed E-state index contributed by atoms with van der Waals surface area (Å²) in [5.74, 6) is -0.342. The van der Waals surface area contributed by atoms with Crippen molar-refractivity contribution in [3.63, 3.8) is 0 Å². The Labute approximate surface area is 122 Å². The minimum absolute atomic E-state index is 0.00146. The molecule has 1 atom stereocenters. The van der Waals surface area contributed by atoms with Crippen molar-refractivity contribution in [1.29, 1.82) is 0 Å².